The van der Waals surface area contributed by atoms with Crippen LogP contribution in [0.25, 0.3) is 0 Å². The van der Waals surface area contributed by atoms with Crippen LogP contribution in [0.15, 0.2) is 47.4 Å². The van der Waals surface area contributed by atoms with Crippen molar-refractivity contribution >= 4 is 33.0 Å². The molecule has 0 saturated carbocycles. The molecule has 0 bridgehead atoms. The summed E-state index contributed by atoms with van der Waals surface area (Å²) >= 11 is 11.9. The van der Waals surface area contributed by atoms with Crippen molar-refractivity contribution in [2.24, 2.45) is 0 Å². The molecule has 2 rings (SSSR count). The topological polar surface area (TPSA) is 46.6 Å². The summed E-state index contributed by atoms with van der Waals surface area (Å²) in [6.45, 7) is 0.998. The van der Waals surface area contributed by atoms with Crippen LogP contribution in [0.4, 0.5) is 0 Å². The molecular formula is C17H19Cl2NO3S. The highest BCUT2D eigenvalue weighted by Gasteiger charge is 2.19. The first kappa shape index (κ1) is 19.1. The van der Waals surface area contributed by atoms with Crippen molar-refractivity contribution in [2.45, 2.75) is 11.4 Å². The second-order valence-corrected chi connectivity index (χ2v) is 8.40. The van der Waals surface area contributed by atoms with E-state index in [9.17, 15) is 8.42 Å². The molecule has 0 N–H and O–H groups in total. The molecule has 0 amide bonds. The standard InChI is InChI=1S/C17H19Cl2NO3S/c1-20(12-13-4-3-5-15(10-13)23-2)8-9-24(21,22)17-11-14(18)6-7-16(17)19/h3-7,10-11H,8-9,12H2,1-2H3. The normalized spacial score (nSPS) is 11.7. The maximum absolute atomic E-state index is 12.5. The van der Waals surface area contributed by atoms with E-state index in [0.29, 0.717) is 18.1 Å². The lowest BCUT2D eigenvalue weighted by molar-refractivity contribution is 0.344. The van der Waals surface area contributed by atoms with Gasteiger partial charge in [0.05, 0.1) is 22.8 Å². The highest BCUT2D eigenvalue weighted by molar-refractivity contribution is 7.91. The first-order valence-corrected chi connectivity index (χ1v) is 9.72. The summed E-state index contributed by atoms with van der Waals surface area (Å²) < 4.78 is 30.1. The summed E-state index contributed by atoms with van der Waals surface area (Å²) in [5.41, 5.74) is 1.05. The summed E-state index contributed by atoms with van der Waals surface area (Å²) in [6.07, 6.45) is 0. The van der Waals surface area contributed by atoms with Gasteiger partial charge < -0.3 is 9.64 Å². The van der Waals surface area contributed by atoms with Crippen LogP contribution < -0.4 is 4.74 Å². The Kier molecular flexibility index (Phi) is 6.52. The summed E-state index contributed by atoms with van der Waals surface area (Å²) in [6, 6.07) is 12.1. The lowest BCUT2D eigenvalue weighted by Gasteiger charge is -2.17. The third kappa shape index (κ3) is 5.11. The van der Waals surface area contributed by atoms with Crippen molar-refractivity contribution in [2.75, 3.05) is 26.5 Å². The fourth-order valence-electron chi connectivity index (χ4n) is 2.26. The Morgan fingerprint density at radius 3 is 2.58 bits per heavy atom. The Morgan fingerprint density at radius 2 is 1.88 bits per heavy atom. The van der Waals surface area contributed by atoms with Crippen molar-refractivity contribution in [1.29, 1.82) is 0 Å². The smallest absolute Gasteiger partial charge is 0.181 e. The Labute approximate surface area is 152 Å². The minimum Gasteiger partial charge on any atom is -0.497 e. The van der Waals surface area contributed by atoms with E-state index < -0.39 is 9.84 Å². The fraction of sp³-hybridized carbons (Fsp3) is 0.294. The highest BCUT2D eigenvalue weighted by Crippen LogP contribution is 2.26. The number of ether oxygens (including phenoxy) is 1. The van der Waals surface area contributed by atoms with Crippen LogP contribution in [0.3, 0.4) is 0 Å². The quantitative estimate of drug-likeness (QED) is 0.722. The Hall–Kier alpha value is -1.27. The highest BCUT2D eigenvalue weighted by atomic mass is 35.5. The van der Waals surface area contributed by atoms with Gasteiger partial charge in [0.1, 0.15) is 5.75 Å². The minimum absolute atomic E-state index is 0.0342. The van der Waals surface area contributed by atoms with E-state index in [1.807, 2.05) is 36.2 Å². The van der Waals surface area contributed by atoms with Gasteiger partial charge in [0.2, 0.25) is 0 Å². The van der Waals surface area contributed by atoms with Crippen molar-refractivity contribution < 1.29 is 13.2 Å². The predicted octanol–water partition coefficient (Wildman–Crippen LogP) is 3.91. The lowest BCUT2D eigenvalue weighted by atomic mass is 10.2. The number of halogens is 2. The van der Waals surface area contributed by atoms with Gasteiger partial charge in [-0.25, -0.2) is 8.42 Å². The molecule has 0 saturated heterocycles. The van der Waals surface area contributed by atoms with Crippen molar-refractivity contribution in [3.05, 3.63) is 58.1 Å². The third-order valence-electron chi connectivity index (χ3n) is 3.56. The molecule has 2 aromatic rings. The van der Waals surface area contributed by atoms with Gasteiger partial charge in [-0.15, -0.1) is 0 Å². The molecular weight excluding hydrogens is 369 g/mol. The Balaban J connectivity index is 2.02. The van der Waals surface area contributed by atoms with Gasteiger partial charge in [-0.3, -0.25) is 0 Å². The van der Waals surface area contributed by atoms with Crippen LogP contribution in [-0.4, -0.2) is 39.8 Å². The zero-order valence-electron chi connectivity index (χ0n) is 13.5. The number of benzene rings is 2. The van der Waals surface area contributed by atoms with Gasteiger partial charge >= 0.3 is 0 Å². The third-order valence-corrected chi connectivity index (χ3v) is 5.96. The van der Waals surface area contributed by atoms with Crippen molar-refractivity contribution in [3.63, 3.8) is 0 Å². The summed E-state index contributed by atoms with van der Waals surface area (Å²) in [5.74, 6) is 0.743. The molecule has 7 heteroatoms. The van der Waals surface area contributed by atoms with Gasteiger partial charge in [-0.2, -0.15) is 0 Å². The monoisotopic (exact) mass is 387 g/mol. The number of hydrogen-bond donors (Lipinski definition) is 0. The maximum Gasteiger partial charge on any atom is 0.181 e. The second kappa shape index (κ2) is 8.21. The molecule has 130 valence electrons. The van der Waals surface area contributed by atoms with Gasteiger partial charge in [-0.1, -0.05) is 35.3 Å². The summed E-state index contributed by atoms with van der Waals surface area (Å²) in [4.78, 5) is 2.01. The van der Waals surface area contributed by atoms with E-state index in [-0.39, 0.29) is 15.7 Å². The molecule has 0 radical (unpaired) electrons. The van der Waals surface area contributed by atoms with Crippen molar-refractivity contribution in [3.8, 4) is 5.75 Å². The molecule has 0 aliphatic carbocycles. The van der Waals surface area contributed by atoms with Crippen LogP contribution in [0.1, 0.15) is 5.56 Å². The number of hydrogen-bond acceptors (Lipinski definition) is 4. The van der Waals surface area contributed by atoms with E-state index in [0.717, 1.165) is 11.3 Å². The van der Waals surface area contributed by atoms with Crippen molar-refractivity contribution in [1.82, 2.24) is 4.90 Å². The summed E-state index contributed by atoms with van der Waals surface area (Å²) in [5, 5.41) is 0.539. The van der Waals surface area contributed by atoms with E-state index in [1.165, 1.54) is 12.1 Å². The van der Waals surface area contributed by atoms with Gasteiger partial charge in [0.15, 0.2) is 9.84 Å². The molecule has 0 spiro atoms. The van der Waals surface area contributed by atoms with Crippen LogP contribution in [0, 0.1) is 0 Å². The molecule has 2 aromatic carbocycles. The van der Waals surface area contributed by atoms with Gasteiger partial charge in [0.25, 0.3) is 0 Å². The minimum atomic E-state index is -3.50. The van der Waals surface area contributed by atoms with Crippen LogP contribution in [-0.2, 0) is 16.4 Å². The molecule has 0 heterocycles. The molecule has 0 unspecified atom stereocenters. The average molecular weight is 388 g/mol. The lowest BCUT2D eigenvalue weighted by Crippen LogP contribution is -2.25. The van der Waals surface area contributed by atoms with Gasteiger partial charge in [0, 0.05) is 18.1 Å². The zero-order valence-corrected chi connectivity index (χ0v) is 15.8. The molecule has 0 atom stereocenters. The maximum atomic E-state index is 12.5. The molecule has 24 heavy (non-hydrogen) atoms. The van der Waals surface area contributed by atoms with Gasteiger partial charge in [-0.05, 0) is 42.9 Å². The predicted molar refractivity (Wildman–Crippen MR) is 97.8 cm³/mol. The average Bonchev–Trinajstić information content (AvgIpc) is 2.55. The molecule has 0 aromatic heterocycles. The largest absolute Gasteiger partial charge is 0.497 e. The molecule has 4 nitrogen and oxygen atoms in total. The molecule has 0 aliphatic rings. The van der Waals surface area contributed by atoms with E-state index >= 15 is 0 Å². The van der Waals surface area contributed by atoms with E-state index in [2.05, 4.69) is 0 Å². The molecule has 0 fully saturated rings. The molecule has 0 aliphatic heterocycles. The van der Waals surface area contributed by atoms with E-state index in [4.69, 9.17) is 27.9 Å². The van der Waals surface area contributed by atoms with Crippen LogP contribution in [0.2, 0.25) is 10.0 Å². The Bertz CT molecular complexity index is 809. The fourth-order valence-corrected chi connectivity index (χ4v) is 4.41. The zero-order chi connectivity index (χ0) is 17.7. The number of nitrogens with zero attached hydrogens (tertiary/aromatic N) is 1. The SMILES string of the molecule is COc1cccc(CN(C)CCS(=O)(=O)c2cc(Cl)ccc2Cl)c1. The Morgan fingerprint density at radius 1 is 1.12 bits per heavy atom. The number of methoxy groups -OCH3 is 1. The van der Waals surface area contributed by atoms with E-state index in [1.54, 1.807) is 13.2 Å². The summed E-state index contributed by atoms with van der Waals surface area (Å²) in [7, 11) is -0.0115. The first-order chi connectivity index (χ1) is 11.3. The number of sulfone groups is 1. The van der Waals surface area contributed by atoms with Crippen LogP contribution in [0.5, 0.6) is 5.75 Å². The van der Waals surface area contributed by atoms with Crippen LogP contribution >= 0.6 is 23.2 Å². The number of rotatable bonds is 7. The second-order valence-electron chi connectivity index (χ2n) is 5.48. The first-order valence-electron chi connectivity index (χ1n) is 7.31.